The van der Waals surface area contributed by atoms with E-state index >= 15 is 0 Å². The molecule has 1 heterocycles. The summed E-state index contributed by atoms with van der Waals surface area (Å²) < 4.78 is 15.1. The van der Waals surface area contributed by atoms with Gasteiger partial charge in [-0.25, -0.2) is 4.79 Å². The number of carbonyl (C=O) groups is 1. The maximum atomic E-state index is 10.8. The molecular formula is C9H16O4. The van der Waals surface area contributed by atoms with Gasteiger partial charge in [-0.05, 0) is 13.3 Å². The highest BCUT2D eigenvalue weighted by molar-refractivity contribution is 5.70. The van der Waals surface area contributed by atoms with Crippen molar-refractivity contribution in [3.8, 4) is 0 Å². The van der Waals surface area contributed by atoms with Crippen molar-refractivity contribution in [3.63, 3.8) is 0 Å². The van der Waals surface area contributed by atoms with E-state index in [1.807, 2.05) is 0 Å². The minimum absolute atomic E-state index is 0.0599. The molecule has 0 bridgehead atoms. The summed E-state index contributed by atoms with van der Waals surface area (Å²) in [6.45, 7) is 4.41. The zero-order valence-electron chi connectivity index (χ0n) is 7.95. The van der Waals surface area contributed by atoms with Crippen molar-refractivity contribution in [2.75, 3.05) is 33.0 Å². The molecule has 1 aliphatic rings. The molecule has 0 amide bonds. The standard InChI is InChI=1S/C9H16O4/c1-2-13-9(10)7-12-6-8-3-4-11-5-8/h8H,2-7H2,1H3/t8-/m1/s1. The third-order valence-corrected chi connectivity index (χ3v) is 1.90. The first kappa shape index (κ1) is 10.5. The second-order valence-electron chi connectivity index (χ2n) is 3.05. The van der Waals surface area contributed by atoms with E-state index in [4.69, 9.17) is 14.2 Å². The number of rotatable bonds is 5. The van der Waals surface area contributed by atoms with Crippen molar-refractivity contribution in [2.45, 2.75) is 13.3 Å². The summed E-state index contributed by atoms with van der Waals surface area (Å²) in [7, 11) is 0. The highest BCUT2D eigenvalue weighted by Gasteiger charge is 2.16. The molecule has 1 saturated heterocycles. The lowest BCUT2D eigenvalue weighted by molar-refractivity contribution is -0.148. The molecule has 4 nitrogen and oxygen atoms in total. The van der Waals surface area contributed by atoms with Crippen molar-refractivity contribution in [1.82, 2.24) is 0 Å². The zero-order chi connectivity index (χ0) is 9.52. The van der Waals surface area contributed by atoms with Crippen LogP contribution in [0, 0.1) is 5.92 Å². The van der Waals surface area contributed by atoms with Crippen LogP contribution in [0.15, 0.2) is 0 Å². The quantitative estimate of drug-likeness (QED) is 0.593. The second-order valence-corrected chi connectivity index (χ2v) is 3.05. The van der Waals surface area contributed by atoms with Gasteiger partial charge in [0, 0.05) is 12.5 Å². The van der Waals surface area contributed by atoms with Crippen molar-refractivity contribution < 1.29 is 19.0 Å². The summed E-state index contributed by atoms with van der Waals surface area (Å²) in [6.07, 6.45) is 1.03. The van der Waals surface area contributed by atoms with Gasteiger partial charge in [-0.2, -0.15) is 0 Å². The monoisotopic (exact) mass is 188 g/mol. The first-order valence-electron chi connectivity index (χ1n) is 4.64. The molecule has 0 aliphatic carbocycles. The lowest BCUT2D eigenvalue weighted by Gasteiger charge is -2.07. The van der Waals surface area contributed by atoms with E-state index in [-0.39, 0.29) is 12.6 Å². The zero-order valence-corrected chi connectivity index (χ0v) is 7.95. The summed E-state index contributed by atoms with van der Waals surface area (Å²) in [5.74, 6) is 0.163. The number of esters is 1. The lowest BCUT2D eigenvalue weighted by atomic mass is 10.1. The fraction of sp³-hybridized carbons (Fsp3) is 0.889. The summed E-state index contributed by atoms with van der Waals surface area (Å²) in [6, 6.07) is 0. The Balaban J connectivity index is 1.96. The first-order valence-corrected chi connectivity index (χ1v) is 4.64. The predicted octanol–water partition coefficient (Wildman–Crippen LogP) is 0.603. The van der Waals surface area contributed by atoms with Gasteiger partial charge in [0.05, 0.1) is 19.8 Å². The largest absolute Gasteiger partial charge is 0.464 e. The normalized spacial score (nSPS) is 21.8. The van der Waals surface area contributed by atoms with Crippen LogP contribution in [0.5, 0.6) is 0 Å². The summed E-state index contributed by atoms with van der Waals surface area (Å²) in [5.41, 5.74) is 0. The van der Waals surface area contributed by atoms with Gasteiger partial charge in [0.25, 0.3) is 0 Å². The smallest absolute Gasteiger partial charge is 0.332 e. The minimum Gasteiger partial charge on any atom is -0.464 e. The third kappa shape index (κ3) is 4.24. The molecular weight excluding hydrogens is 172 g/mol. The molecule has 0 N–H and O–H groups in total. The first-order chi connectivity index (χ1) is 6.33. The number of ether oxygens (including phenoxy) is 3. The van der Waals surface area contributed by atoms with Gasteiger partial charge in [0.2, 0.25) is 0 Å². The van der Waals surface area contributed by atoms with E-state index in [9.17, 15) is 4.79 Å². The maximum absolute atomic E-state index is 10.8. The maximum Gasteiger partial charge on any atom is 0.332 e. The molecule has 0 unspecified atom stereocenters. The average Bonchev–Trinajstić information content (AvgIpc) is 2.57. The van der Waals surface area contributed by atoms with Crippen LogP contribution >= 0.6 is 0 Å². The van der Waals surface area contributed by atoms with Crippen LogP contribution in [0.4, 0.5) is 0 Å². The van der Waals surface area contributed by atoms with Crippen LogP contribution in [-0.4, -0.2) is 39.0 Å². The Morgan fingerprint density at radius 3 is 3.08 bits per heavy atom. The number of hydrogen-bond acceptors (Lipinski definition) is 4. The van der Waals surface area contributed by atoms with Gasteiger partial charge in [-0.1, -0.05) is 0 Å². The molecule has 1 fully saturated rings. The molecule has 0 aromatic rings. The highest BCUT2D eigenvalue weighted by Crippen LogP contribution is 2.11. The van der Waals surface area contributed by atoms with Crippen LogP contribution in [0.1, 0.15) is 13.3 Å². The number of hydrogen-bond donors (Lipinski definition) is 0. The summed E-state index contributed by atoms with van der Waals surface area (Å²) in [5, 5.41) is 0. The fourth-order valence-corrected chi connectivity index (χ4v) is 1.23. The van der Waals surface area contributed by atoms with Crippen molar-refractivity contribution >= 4 is 5.97 Å². The van der Waals surface area contributed by atoms with Gasteiger partial charge in [-0.3, -0.25) is 0 Å². The van der Waals surface area contributed by atoms with E-state index < -0.39 is 0 Å². The Labute approximate surface area is 78.2 Å². The molecule has 1 aliphatic heterocycles. The molecule has 4 heteroatoms. The minimum atomic E-state index is -0.290. The molecule has 13 heavy (non-hydrogen) atoms. The Kier molecular flexibility index (Phi) is 4.78. The second kappa shape index (κ2) is 5.94. The molecule has 0 spiro atoms. The van der Waals surface area contributed by atoms with Crippen molar-refractivity contribution in [2.24, 2.45) is 5.92 Å². The summed E-state index contributed by atoms with van der Waals surface area (Å²) in [4.78, 5) is 10.8. The van der Waals surface area contributed by atoms with Crippen LogP contribution in [0.2, 0.25) is 0 Å². The molecule has 1 atom stereocenters. The molecule has 0 radical (unpaired) electrons. The van der Waals surface area contributed by atoms with E-state index in [1.165, 1.54) is 0 Å². The lowest BCUT2D eigenvalue weighted by Crippen LogP contribution is -2.16. The van der Waals surface area contributed by atoms with Gasteiger partial charge >= 0.3 is 5.97 Å². The Bertz CT molecular complexity index is 152. The number of carbonyl (C=O) groups excluding carboxylic acids is 1. The highest BCUT2D eigenvalue weighted by atomic mass is 16.6. The van der Waals surface area contributed by atoms with Gasteiger partial charge < -0.3 is 14.2 Å². The SMILES string of the molecule is CCOC(=O)COC[C@@H]1CCOC1. The van der Waals surface area contributed by atoms with Crippen molar-refractivity contribution in [1.29, 1.82) is 0 Å². The van der Waals surface area contributed by atoms with E-state index in [0.29, 0.717) is 19.1 Å². The molecule has 76 valence electrons. The van der Waals surface area contributed by atoms with E-state index in [0.717, 1.165) is 19.6 Å². The predicted molar refractivity (Wildman–Crippen MR) is 46.4 cm³/mol. The van der Waals surface area contributed by atoms with E-state index in [2.05, 4.69) is 0 Å². The van der Waals surface area contributed by atoms with Crippen LogP contribution in [-0.2, 0) is 19.0 Å². The van der Waals surface area contributed by atoms with E-state index in [1.54, 1.807) is 6.92 Å². The molecule has 1 rings (SSSR count). The average molecular weight is 188 g/mol. The molecule has 0 aromatic heterocycles. The van der Waals surface area contributed by atoms with Gasteiger partial charge in [-0.15, -0.1) is 0 Å². The van der Waals surface area contributed by atoms with Crippen LogP contribution < -0.4 is 0 Å². The topological polar surface area (TPSA) is 44.8 Å². The van der Waals surface area contributed by atoms with Gasteiger partial charge in [0.1, 0.15) is 6.61 Å². The van der Waals surface area contributed by atoms with Crippen LogP contribution in [0.25, 0.3) is 0 Å². The fourth-order valence-electron chi connectivity index (χ4n) is 1.23. The molecule has 0 aromatic carbocycles. The van der Waals surface area contributed by atoms with Crippen molar-refractivity contribution in [3.05, 3.63) is 0 Å². The Morgan fingerprint density at radius 2 is 2.46 bits per heavy atom. The molecule has 0 saturated carbocycles. The van der Waals surface area contributed by atoms with Gasteiger partial charge in [0.15, 0.2) is 0 Å². The third-order valence-electron chi connectivity index (χ3n) is 1.90. The van der Waals surface area contributed by atoms with Crippen LogP contribution in [0.3, 0.4) is 0 Å². The summed E-state index contributed by atoms with van der Waals surface area (Å²) >= 11 is 0. The Morgan fingerprint density at radius 1 is 1.62 bits per heavy atom. The Hall–Kier alpha value is -0.610.